The molecule has 7 nitrogen and oxygen atoms in total. The third kappa shape index (κ3) is 4.60. The summed E-state index contributed by atoms with van der Waals surface area (Å²) in [6.07, 6.45) is -0.196. The number of carbonyl (C=O) groups is 2. The van der Waals surface area contributed by atoms with Crippen LogP contribution in [-0.4, -0.2) is 50.0 Å². The second-order valence-electron chi connectivity index (χ2n) is 6.44. The van der Waals surface area contributed by atoms with Crippen molar-refractivity contribution in [2.24, 2.45) is 0 Å². The Morgan fingerprint density at radius 2 is 1.82 bits per heavy atom. The summed E-state index contributed by atoms with van der Waals surface area (Å²) in [6.45, 7) is 2.77. The lowest BCUT2D eigenvalue weighted by Crippen LogP contribution is -2.48. The van der Waals surface area contributed by atoms with Gasteiger partial charge >= 0.3 is 0 Å². The van der Waals surface area contributed by atoms with Crippen LogP contribution in [-0.2, 0) is 4.79 Å². The minimum absolute atomic E-state index is 0.0276. The Labute approximate surface area is 164 Å². The number of methoxy groups -OCH3 is 1. The van der Waals surface area contributed by atoms with Crippen LogP contribution in [0, 0.1) is 11.3 Å². The zero-order valence-electron chi connectivity index (χ0n) is 15.7. The van der Waals surface area contributed by atoms with Crippen LogP contribution in [0.3, 0.4) is 0 Å². The lowest BCUT2D eigenvalue weighted by molar-refractivity contribution is -0.115. The molecule has 0 atom stereocenters. The number of hydrogen-bond donors (Lipinski definition) is 1. The molecule has 2 amide bonds. The summed E-state index contributed by atoms with van der Waals surface area (Å²) >= 11 is 0. The van der Waals surface area contributed by atoms with Crippen molar-refractivity contribution in [1.82, 2.24) is 4.90 Å². The first-order valence-corrected chi connectivity index (χ1v) is 9.06. The van der Waals surface area contributed by atoms with Crippen molar-refractivity contribution >= 4 is 23.2 Å². The highest BCUT2D eigenvalue weighted by Crippen LogP contribution is 2.22. The molecule has 0 aromatic heterocycles. The van der Waals surface area contributed by atoms with Gasteiger partial charge in [-0.2, -0.15) is 5.26 Å². The normalized spacial score (nSPS) is 13.6. The Bertz CT molecular complexity index is 881. The van der Waals surface area contributed by atoms with Crippen molar-refractivity contribution in [1.29, 1.82) is 5.26 Å². The highest BCUT2D eigenvalue weighted by molar-refractivity contribution is 5.96. The van der Waals surface area contributed by atoms with E-state index in [4.69, 9.17) is 10.00 Å². The van der Waals surface area contributed by atoms with Crippen LogP contribution in [0.5, 0.6) is 5.75 Å². The Morgan fingerprint density at radius 3 is 2.46 bits per heavy atom. The maximum Gasteiger partial charge on any atom is 0.253 e. The first-order chi connectivity index (χ1) is 13.6. The molecule has 0 spiro atoms. The molecule has 28 heavy (non-hydrogen) atoms. The SMILES string of the molecule is COc1cccc(N2CCN(C(=O)c3ccc(NC(=O)CC#N)cc3)CC2)c1. The summed E-state index contributed by atoms with van der Waals surface area (Å²) in [4.78, 5) is 28.3. The van der Waals surface area contributed by atoms with E-state index in [9.17, 15) is 9.59 Å². The zero-order chi connectivity index (χ0) is 19.9. The number of hydrogen-bond acceptors (Lipinski definition) is 5. The van der Waals surface area contributed by atoms with Gasteiger partial charge in [-0.25, -0.2) is 0 Å². The first kappa shape index (κ1) is 19.2. The lowest BCUT2D eigenvalue weighted by atomic mass is 10.1. The molecule has 1 N–H and O–H groups in total. The smallest absolute Gasteiger partial charge is 0.253 e. The molecule has 3 rings (SSSR count). The third-order valence-corrected chi connectivity index (χ3v) is 4.64. The number of nitriles is 1. The van der Waals surface area contributed by atoms with Gasteiger partial charge < -0.3 is 19.9 Å². The van der Waals surface area contributed by atoms with E-state index in [0.29, 0.717) is 24.3 Å². The average molecular weight is 378 g/mol. The number of amides is 2. The molecular weight excluding hydrogens is 356 g/mol. The van der Waals surface area contributed by atoms with Crippen LogP contribution in [0.1, 0.15) is 16.8 Å². The fourth-order valence-corrected chi connectivity index (χ4v) is 3.13. The Morgan fingerprint density at radius 1 is 1.11 bits per heavy atom. The van der Waals surface area contributed by atoms with Gasteiger partial charge in [0, 0.05) is 49.2 Å². The number of anilines is 2. The van der Waals surface area contributed by atoms with Gasteiger partial charge in [0.2, 0.25) is 5.91 Å². The van der Waals surface area contributed by atoms with E-state index in [-0.39, 0.29) is 18.2 Å². The lowest BCUT2D eigenvalue weighted by Gasteiger charge is -2.36. The summed E-state index contributed by atoms with van der Waals surface area (Å²) in [5.74, 6) is 0.424. The molecule has 144 valence electrons. The molecule has 1 aliphatic heterocycles. The van der Waals surface area contributed by atoms with E-state index in [2.05, 4.69) is 10.2 Å². The van der Waals surface area contributed by atoms with Crippen molar-refractivity contribution in [3.05, 3.63) is 54.1 Å². The molecule has 0 saturated carbocycles. The fourth-order valence-electron chi connectivity index (χ4n) is 3.13. The van der Waals surface area contributed by atoms with E-state index in [1.54, 1.807) is 37.4 Å². The van der Waals surface area contributed by atoms with Crippen LogP contribution in [0.4, 0.5) is 11.4 Å². The van der Waals surface area contributed by atoms with Crippen LogP contribution in [0.25, 0.3) is 0 Å². The summed E-state index contributed by atoms with van der Waals surface area (Å²) in [7, 11) is 1.65. The maximum absolute atomic E-state index is 12.7. The molecule has 1 fully saturated rings. The third-order valence-electron chi connectivity index (χ3n) is 4.64. The molecule has 0 aliphatic carbocycles. The summed E-state index contributed by atoms with van der Waals surface area (Å²) in [5.41, 5.74) is 2.23. The summed E-state index contributed by atoms with van der Waals surface area (Å²) in [6, 6.07) is 16.4. The average Bonchev–Trinajstić information content (AvgIpc) is 2.74. The van der Waals surface area contributed by atoms with Crippen LogP contribution >= 0.6 is 0 Å². The summed E-state index contributed by atoms with van der Waals surface area (Å²) in [5, 5.41) is 11.1. The van der Waals surface area contributed by atoms with Crippen molar-refractivity contribution in [3.63, 3.8) is 0 Å². The second kappa shape index (κ2) is 8.91. The van der Waals surface area contributed by atoms with Crippen molar-refractivity contribution < 1.29 is 14.3 Å². The predicted molar refractivity (Wildman–Crippen MR) is 106 cm³/mol. The summed E-state index contributed by atoms with van der Waals surface area (Å²) < 4.78 is 5.28. The molecular formula is C21H22N4O3. The highest BCUT2D eigenvalue weighted by atomic mass is 16.5. The molecule has 2 aromatic carbocycles. The predicted octanol–water partition coefficient (Wildman–Crippen LogP) is 2.51. The minimum Gasteiger partial charge on any atom is -0.497 e. The van der Waals surface area contributed by atoms with Gasteiger partial charge in [0.1, 0.15) is 12.2 Å². The molecule has 0 unspecified atom stereocenters. The van der Waals surface area contributed by atoms with Gasteiger partial charge in [0.15, 0.2) is 0 Å². The Hall–Kier alpha value is -3.53. The topological polar surface area (TPSA) is 85.7 Å². The standard InChI is InChI=1S/C21H22N4O3/c1-28-19-4-2-3-18(15-19)24-11-13-25(14-12-24)21(27)16-5-7-17(8-6-16)23-20(26)9-10-22/h2-8,15H,9,11-14H2,1H3,(H,23,26). The molecule has 1 aliphatic rings. The van der Waals surface area contributed by atoms with E-state index in [1.807, 2.05) is 29.2 Å². The molecule has 7 heteroatoms. The first-order valence-electron chi connectivity index (χ1n) is 9.06. The van der Waals surface area contributed by atoms with E-state index >= 15 is 0 Å². The molecule has 1 heterocycles. The van der Waals surface area contributed by atoms with E-state index < -0.39 is 0 Å². The van der Waals surface area contributed by atoms with Crippen LogP contribution in [0.2, 0.25) is 0 Å². The number of ether oxygens (including phenoxy) is 1. The van der Waals surface area contributed by atoms with E-state index in [1.165, 1.54) is 0 Å². The molecule has 2 aromatic rings. The van der Waals surface area contributed by atoms with Gasteiger partial charge in [-0.05, 0) is 36.4 Å². The zero-order valence-corrected chi connectivity index (χ0v) is 15.7. The number of rotatable bonds is 5. The number of benzene rings is 2. The largest absolute Gasteiger partial charge is 0.497 e. The van der Waals surface area contributed by atoms with Gasteiger partial charge in [-0.15, -0.1) is 0 Å². The molecule has 0 radical (unpaired) electrons. The van der Waals surface area contributed by atoms with Gasteiger partial charge in [-0.3, -0.25) is 9.59 Å². The number of nitrogens with zero attached hydrogens (tertiary/aromatic N) is 3. The van der Waals surface area contributed by atoms with Crippen LogP contribution in [0.15, 0.2) is 48.5 Å². The Kier molecular flexibility index (Phi) is 6.12. The van der Waals surface area contributed by atoms with Gasteiger partial charge in [0.25, 0.3) is 5.91 Å². The maximum atomic E-state index is 12.7. The fraction of sp³-hybridized carbons (Fsp3) is 0.286. The number of carbonyl (C=O) groups excluding carboxylic acids is 2. The molecule has 1 saturated heterocycles. The van der Waals surface area contributed by atoms with Crippen LogP contribution < -0.4 is 15.0 Å². The van der Waals surface area contributed by atoms with Gasteiger partial charge in [0.05, 0.1) is 13.2 Å². The van der Waals surface area contributed by atoms with E-state index in [0.717, 1.165) is 24.5 Å². The van der Waals surface area contributed by atoms with Crippen molar-refractivity contribution in [2.45, 2.75) is 6.42 Å². The van der Waals surface area contributed by atoms with Crippen molar-refractivity contribution in [3.8, 4) is 11.8 Å². The molecule has 0 bridgehead atoms. The monoisotopic (exact) mass is 378 g/mol. The van der Waals surface area contributed by atoms with Crippen molar-refractivity contribution in [2.75, 3.05) is 43.5 Å². The number of piperazine rings is 1. The highest BCUT2D eigenvalue weighted by Gasteiger charge is 2.22. The number of nitrogens with one attached hydrogen (secondary N) is 1. The second-order valence-corrected chi connectivity index (χ2v) is 6.44. The van der Waals surface area contributed by atoms with Gasteiger partial charge in [-0.1, -0.05) is 6.07 Å². The Balaban J connectivity index is 1.57. The minimum atomic E-state index is -0.366. The quantitative estimate of drug-likeness (QED) is 0.864.